The monoisotopic (exact) mass is 215 g/mol. The number of nitrogens with one attached hydrogen (secondary N) is 1. The van der Waals surface area contributed by atoms with Crippen molar-refractivity contribution in [2.75, 3.05) is 20.8 Å². The normalized spacial score (nSPS) is 24.5. The fraction of sp³-hybridized carbons (Fsp3) is 0.667. The molecular formula is C9H13NO5. The Labute approximate surface area is 86.9 Å². The molecule has 0 unspecified atom stereocenters. The van der Waals surface area contributed by atoms with E-state index in [0.29, 0.717) is 0 Å². The van der Waals surface area contributed by atoms with E-state index in [-0.39, 0.29) is 25.3 Å². The van der Waals surface area contributed by atoms with Crippen LogP contribution in [0, 0.1) is 5.41 Å². The first-order valence-electron chi connectivity index (χ1n) is 4.46. The first kappa shape index (κ1) is 11.5. The number of carbonyl (C=O) groups excluding carboxylic acids is 3. The predicted molar refractivity (Wildman–Crippen MR) is 48.7 cm³/mol. The van der Waals surface area contributed by atoms with E-state index in [1.807, 2.05) is 0 Å². The van der Waals surface area contributed by atoms with Crippen LogP contribution in [0.25, 0.3) is 0 Å². The zero-order chi connectivity index (χ0) is 11.5. The van der Waals surface area contributed by atoms with Gasteiger partial charge in [-0.25, -0.2) is 0 Å². The lowest BCUT2D eigenvalue weighted by Gasteiger charge is -2.22. The third kappa shape index (κ3) is 2.26. The number of carbonyl (C=O) groups is 3. The highest BCUT2D eigenvalue weighted by molar-refractivity contribution is 5.92. The Kier molecular flexibility index (Phi) is 3.28. The van der Waals surface area contributed by atoms with Crippen LogP contribution in [0.4, 0.5) is 0 Å². The van der Waals surface area contributed by atoms with Gasteiger partial charge >= 0.3 is 11.9 Å². The molecule has 1 rings (SSSR count). The van der Waals surface area contributed by atoms with Gasteiger partial charge in [-0.1, -0.05) is 0 Å². The van der Waals surface area contributed by atoms with Crippen LogP contribution in [0.3, 0.4) is 0 Å². The Morgan fingerprint density at radius 1 is 1.40 bits per heavy atom. The van der Waals surface area contributed by atoms with Gasteiger partial charge in [0, 0.05) is 13.0 Å². The molecule has 1 fully saturated rings. The van der Waals surface area contributed by atoms with E-state index < -0.39 is 17.4 Å². The molecule has 1 saturated heterocycles. The number of hydrogen-bond donors (Lipinski definition) is 1. The summed E-state index contributed by atoms with van der Waals surface area (Å²) in [5, 5.41) is 2.51. The molecule has 6 nitrogen and oxygen atoms in total. The lowest BCUT2D eigenvalue weighted by atomic mass is 9.83. The Bertz CT molecular complexity index is 301. The van der Waals surface area contributed by atoms with Crippen LogP contribution in [-0.4, -0.2) is 38.6 Å². The minimum atomic E-state index is -1.10. The fourth-order valence-electron chi connectivity index (χ4n) is 1.61. The van der Waals surface area contributed by atoms with Gasteiger partial charge in [0.15, 0.2) is 0 Å². The van der Waals surface area contributed by atoms with Crippen LogP contribution in [0.5, 0.6) is 0 Å². The standard InChI is InChI=1S/C9H13NO5/c1-14-7(12)4-9(8(13)15-2)3-6(11)10-5-9/h3-5H2,1-2H3,(H,10,11)/t9-/m0/s1. The molecule has 15 heavy (non-hydrogen) atoms. The summed E-state index contributed by atoms with van der Waals surface area (Å²) in [5.74, 6) is -1.35. The zero-order valence-electron chi connectivity index (χ0n) is 8.66. The second-order valence-corrected chi connectivity index (χ2v) is 3.48. The maximum Gasteiger partial charge on any atom is 0.314 e. The number of amides is 1. The minimum absolute atomic E-state index is 0.0330. The fourth-order valence-corrected chi connectivity index (χ4v) is 1.61. The number of ether oxygens (including phenoxy) is 2. The van der Waals surface area contributed by atoms with Crippen molar-refractivity contribution in [2.24, 2.45) is 5.41 Å². The summed E-state index contributed by atoms with van der Waals surface area (Å²) in [6.07, 6.45) is -0.177. The van der Waals surface area contributed by atoms with E-state index in [1.165, 1.54) is 14.2 Å². The highest BCUT2D eigenvalue weighted by Gasteiger charge is 2.48. The van der Waals surface area contributed by atoms with Crippen molar-refractivity contribution in [3.63, 3.8) is 0 Å². The van der Waals surface area contributed by atoms with Gasteiger partial charge in [0.25, 0.3) is 0 Å². The summed E-state index contributed by atoms with van der Waals surface area (Å²) in [5.41, 5.74) is -1.10. The number of methoxy groups -OCH3 is 2. The summed E-state index contributed by atoms with van der Waals surface area (Å²) in [4.78, 5) is 33.7. The van der Waals surface area contributed by atoms with Crippen LogP contribution in [0.15, 0.2) is 0 Å². The van der Waals surface area contributed by atoms with Crippen molar-refractivity contribution in [3.05, 3.63) is 0 Å². The van der Waals surface area contributed by atoms with E-state index >= 15 is 0 Å². The second-order valence-electron chi connectivity index (χ2n) is 3.48. The van der Waals surface area contributed by atoms with Crippen molar-refractivity contribution in [3.8, 4) is 0 Å². The summed E-state index contributed by atoms with van der Waals surface area (Å²) < 4.78 is 9.07. The van der Waals surface area contributed by atoms with E-state index in [9.17, 15) is 14.4 Å². The third-order valence-electron chi connectivity index (χ3n) is 2.45. The molecule has 0 radical (unpaired) electrons. The summed E-state index contributed by atoms with van der Waals surface area (Å²) in [6.45, 7) is 0.119. The predicted octanol–water partition coefficient (Wildman–Crippen LogP) is -0.771. The maximum atomic E-state index is 11.5. The average Bonchev–Trinajstić information content (AvgIpc) is 2.59. The molecule has 0 aromatic carbocycles. The van der Waals surface area contributed by atoms with Gasteiger partial charge in [-0.3, -0.25) is 14.4 Å². The summed E-state index contributed by atoms with van der Waals surface area (Å²) in [7, 11) is 2.46. The molecule has 1 aliphatic rings. The molecule has 0 spiro atoms. The van der Waals surface area contributed by atoms with Crippen molar-refractivity contribution in [1.82, 2.24) is 5.32 Å². The second kappa shape index (κ2) is 4.29. The highest BCUT2D eigenvalue weighted by atomic mass is 16.5. The quantitative estimate of drug-likeness (QED) is 0.625. The van der Waals surface area contributed by atoms with E-state index in [1.54, 1.807) is 0 Å². The number of esters is 2. The zero-order valence-corrected chi connectivity index (χ0v) is 8.66. The van der Waals surface area contributed by atoms with Crippen molar-refractivity contribution < 1.29 is 23.9 Å². The van der Waals surface area contributed by atoms with E-state index in [2.05, 4.69) is 14.8 Å². The van der Waals surface area contributed by atoms with E-state index in [4.69, 9.17) is 0 Å². The highest BCUT2D eigenvalue weighted by Crippen LogP contribution is 2.32. The molecule has 0 aromatic heterocycles. The number of hydrogen-bond acceptors (Lipinski definition) is 5. The topological polar surface area (TPSA) is 81.7 Å². The molecule has 1 N–H and O–H groups in total. The molecule has 1 amide bonds. The summed E-state index contributed by atoms with van der Waals surface area (Å²) in [6, 6.07) is 0. The average molecular weight is 215 g/mol. The summed E-state index contributed by atoms with van der Waals surface area (Å²) >= 11 is 0. The van der Waals surface area contributed by atoms with Crippen molar-refractivity contribution in [1.29, 1.82) is 0 Å². The molecule has 84 valence electrons. The SMILES string of the molecule is COC(=O)C[C@]1(C(=O)OC)CNC(=O)C1. The Hall–Kier alpha value is -1.59. The minimum Gasteiger partial charge on any atom is -0.469 e. The molecule has 0 saturated carbocycles. The van der Waals surface area contributed by atoms with E-state index in [0.717, 1.165) is 0 Å². The van der Waals surface area contributed by atoms with Crippen LogP contribution in [-0.2, 0) is 23.9 Å². The molecular weight excluding hydrogens is 202 g/mol. The molecule has 6 heteroatoms. The molecule has 1 aliphatic heterocycles. The lowest BCUT2D eigenvalue weighted by Crippen LogP contribution is -2.37. The molecule has 0 aromatic rings. The Balaban J connectivity index is 2.82. The third-order valence-corrected chi connectivity index (χ3v) is 2.45. The molecule has 0 bridgehead atoms. The molecule has 0 aliphatic carbocycles. The van der Waals surface area contributed by atoms with Gasteiger partial charge in [-0.15, -0.1) is 0 Å². The van der Waals surface area contributed by atoms with Crippen LogP contribution in [0.1, 0.15) is 12.8 Å². The first-order valence-corrected chi connectivity index (χ1v) is 4.46. The van der Waals surface area contributed by atoms with Gasteiger partial charge in [0.05, 0.1) is 20.6 Å². The maximum absolute atomic E-state index is 11.5. The van der Waals surface area contributed by atoms with Gasteiger partial charge < -0.3 is 14.8 Å². The number of rotatable bonds is 3. The Morgan fingerprint density at radius 2 is 2.07 bits per heavy atom. The Morgan fingerprint density at radius 3 is 2.47 bits per heavy atom. The van der Waals surface area contributed by atoms with Gasteiger partial charge in [0.1, 0.15) is 5.41 Å². The van der Waals surface area contributed by atoms with Crippen LogP contribution >= 0.6 is 0 Å². The smallest absolute Gasteiger partial charge is 0.314 e. The van der Waals surface area contributed by atoms with Crippen LogP contribution in [0.2, 0.25) is 0 Å². The van der Waals surface area contributed by atoms with Crippen LogP contribution < -0.4 is 5.32 Å². The van der Waals surface area contributed by atoms with Gasteiger partial charge in [-0.2, -0.15) is 0 Å². The van der Waals surface area contributed by atoms with Gasteiger partial charge in [0.2, 0.25) is 5.91 Å². The lowest BCUT2D eigenvalue weighted by molar-refractivity contribution is -0.158. The molecule has 1 atom stereocenters. The molecule has 1 heterocycles. The van der Waals surface area contributed by atoms with Crippen molar-refractivity contribution in [2.45, 2.75) is 12.8 Å². The van der Waals surface area contributed by atoms with Crippen molar-refractivity contribution >= 4 is 17.8 Å². The van der Waals surface area contributed by atoms with Gasteiger partial charge in [-0.05, 0) is 0 Å². The largest absolute Gasteiger partial charge is 0.469 e. The first-order chi connectivity index (χ1) is 7.04.